The Bertz CT molecular complexity index is 240. The van der Waals surface area contributed by atoms with Crippen molar-refractivity contribution in [1.82, 2.24) is 4.98 Å². The molecule has 66 valence electrons. The number of hydrogen-bond acceptors (Lipinski definition) is 4. The summed E-state index contributed by atoms with van der Waals surface area (Å²) in [5.41, 5.74) is 6.12. The van der Waals surface area contributed by atoms with Crippen molar-refractivity contribution < 1.29 is 9.84 Å². The van der Waals surface area contributed by atoms with Crippen LogP contribution in [-0.4, -0.2) is 23.3 Å². The summed E-state index contributed by atoms with van der Waals surface area (Å²) in [5, 5.41) is 8.47. The monoisotopic (exact) mass is 168 g/mol. The fraction of sp³-hybridized carbons (Fsp3) is 0.375. The lowest BCUT2D eigenvalue weighted by atomic mass is 10.4. The lowest BCUT2D eigenvalue weighted by molar-refractivity contribution is 0.229. The van der Waals surface area contributed by atoms with Gasteiger partial charge in [0.2, 0.25) is 5.88 Å². The molecule has 12 heavy (non-hydrogen) atoms. The van der Waals surface area contributed by atoms with Gasteiger partial charge in [-0.25, -0.2) is 4.98 Å². The van der Waals surface area contributed by atoms with Gasteiger partial charge in [0.25, 0.3) is 0 Å². The molecular formula is C8H12N2O2. The zero-order valence-corrected chi connectivity index (χ0v) is 6.73. The second-order valence-corrected chi connectivity index (χ2v) is 2.35. The second-order valence-electron chi connectivity index (χ2n) is 2.35. The highest BCUT2D eigenvalue weighted by atomic mass is 16.5. The number of rotatable bonds is 4. The molecule has 1 aromatic heterocycles. The number of pyridine rings is 1. The molecule has 1 aromatic rings. The molecule has 0 aliphatic carbocycles. The Balaban J connectivity index is 2.41. The Labute approximate surface area is 71.0 Å². The summed E-state index contributed by atoms with van der Waals surface area (Å²) in [4.78, 5) is 3.93. The van der Waals surface area contributed by atoms with Gasteiger partial charge in [-0.05, 0) is 6.07 Å². The maximum atomic E-state index is 8.47. The Morgan fingerprint density at radius 2 is 2.42 bits per heavy atom. The van der Waals surface area contributed by atoms with Crippen molar-refractivity contribution in [2.75, 3.05) is 18.9 Å². The van der Waals surface area contributed by atoms with E-state index < -0.39 is 0 Å². The van der Waals surface area contributed by atoms with Crippen LogP contribution in [0, 0.1) is 0 Å². The summed E-state index contributed by atoms with van der Waals surface area (Å²) in [7, 11) is 0. The van der Waals surface area contributed by atoms with Crippen LogP contribution in [0.2, 0.25) is 0 Å². The van der Waals surface area contributed by atoms with Gasteiger partial charge in [0.1, 0.15) is 0 Å². The number of nitrogens with two attached hydrogens (primary N) is 1. The highest BCUT2D eigenvalue weighted by molar-refractivity contribution is 5.39. The molecule has 0 aliphatic heterocycles. The van der Waals surface area contributed by atoms with Crippen LogP contribution in [0.3, 0.4) is 0 Å². The van der Waals surface area contributed by atoms with Crippen molar-refractivity contribution in [2.24, 2.45) is 0 Å². The maximum absolute atomic E-state index is 8.47. The standard InChI is InChI=1S/C8H12N2O2/c9-7-2-3-10-8(6-7)12-5-1-4-11/h2-3,6,11H,1,4-5H2,(H2,9,10). The van der Waals surface area contributed by atoms with Crippen molar-refractivity contribution in [2.45, 2.75) is 6.42 Å². The number of anilines is 1. The predicted molar refractivity (Wildman–Crippen MR) is 45.8 cm³/mol. The number of nitrogen functional groups attached to an aromatic ring is 1. The summed E-state index contributed by atoms with van der Waals surface area (Å²) < 4.78 is 5.18. The molecule has 0 spiro atoms. The van der Waals surface area contributed by atoms with Crippen molar-refractivity contribution in [3.8, 4) is 5.88 Å². The molecule has 0 atom stereocenters. The smallest absolute Gasteiger partial charge is 0.215 e. The van der Waals surface area contributed by atoms with Crippen molar-refractivity contribution in [3.63, 3.8) is 0 Å². The predicted octanol–water partition coefficient (Wildman–Crippen LogP) is 0.425. The van der Waals surface area contributed by atoms with E-state index in [0.717, 1.165) is 0 Å². The van der Waals surface area contributed by atoms with Crippen LogP contribution in [0.4, 0.5) is 5.69 Å². The lowest BCUT2D eigenvalue weighted by Gasteiger charge is -2.03. The molecule has 4 heteroatoms. The van der Waals surface area contributed by atoms with Gasteiger partial charge in [-0.3, -0.25) is 0 Å². The van der Waals surface area contributed by atoms with Crippen LogP contribution in [0.25, 0.3) is 0 Å². The first-order valence-corrected chi connectivity index (χ1v) is 3.78. The van der Waals surface area contributed by atoms with E-state index in [4.69, 9.17) is 15.6 Å². The number of aromatic nitrogens is 1. The van der Waals surface area contributed by atoms with Crippen LogP contribution >= 0.6 is 0 Å². The fourth-order valence-corrected chi connectivity index (χ4v) is 0.745. The molecule has 0 saturated heterocycles. The molecule has 0 unspecified atom stereocenters. The fourth-order valence-electron chi connectivity index (χ4n) is 0.745. The quantitative estimate of drug-likeness (QED) is 0.639. The molecular weight excluding hydrogens is 156 g/mol. The Kier molecular flexibility index (Phi) is 3.35. The molecule has 3 N–H and O–H groups in total. The molecule has 1 heterocycles. The third-order valence-corrected chi connectivity index (χ3v) is 1.31. The molecule has 1 rings (SSSR count). The lowest BCUT2D eigenvalue weighted by Crippen LogP contribution is -2.01. The third-order valence-electron chi connectivity index (χ3n) is 1.31. The average Bonchev–Trinajstić information content (AvgIpc) is 2.05. The SMILES string of the molecule is Nc1ccnc(OCCCO)c1. The maximum Gasteiger partial charge on any atom is 0.215 e. The van der Waals surface area contributed by atoms with Gasteiger partial charge in [-0.15, -0.1) is 0 Å². The van der Waals surface area contributed by atoms with Gasteiger partial charge in [-0.2, -0.15) is 0 Å². The Morgan fingerprint density at radius 3 is 3.08 bits per heavy atom. The minimum atomic E-state index is 0.127. The Hall–Kier alpha value is -1.29. The van der Waals surface area contributed by atoms with Gasteiger partial charge < -0.3 is 15.6 Å². The van der Waals surface area contributed by atoms with E-state index in [1.165, 1.54) is 0 Å². The first kappa shape index (κ1) is 8.80. The molecule has 0 aromatic carbocycles. The van der Waals surface area contributed by atoms with Crippen LogP contribution in [0.1, 0.15) is 6.42 Å². The summed E-state index contributed by atoms with van der Waals surface area (Å²) in [6.45, 7) is 0.593. The van der Waals surface area contributed by atoms with E-state index in [2.05, 4.69) is 4.98 Å². The number of hydrogen-bond donors (Lipinski definition) is 2. The van der Waals surface area contributed by atoms with Gasteiger partial charge in [0.05, 0.1) is 6.61 Å². The first-order chi connectivity index (χ1) is 5.83. The number of ether oxygens (including phenoxy) is 1. The van der Waals surface area contributed by atoms with Crippen molar-refractivity contribution in [3.05, 3.63) is 18.3 Å². The summed E-state index contributed by atoms with van der Waals surface area (Å²) >= 11 is 0. The van der Waals surface area contributed by atoms with Crippen molar-refractivity contribution >= 4 is 5.69 Å². The minimum absolute atomic E-state index is 0.127. The number of aliphatic hydroxyl groups is 1. The van der Waals surface area contributed by atoms with Crippen molar-refractivity contribution in [1.29, 1.82) is 0 Å². The van der Waals surface area contributed by atoms with Crippen LogP contribution in [-0.2, 0) is 0 Å². The van der Waals surface area contributed by atoms with E-state index in [9.17, 15) is 0 Å². The van der Waals surface area contributed by atoms with Gasteiger partial charge >= 0.3 is 0 Å². The average molecular weight is 168 g/mol. The summed E-state index contributed by atoms with van der Waals surface area (Å²) in [6, 6.07) is 3.34. The van der Waals surface area contributed by atoms with E-state index in [-0.39, 0.29) is 6.61 Å². The zero-order chi connectivity index (χ0) is 8.81. The molecule has 4 nitrogen and oxygen atoms in total. The van der Waals surface area contributed by atoms with Crippen LogP contribution in [0.15, 0.2) is 18.3 Å². The van der Waals surface area contributed by atoms with E-state index >= 15 is 0 Å². The van der Waals surface area contributed by atoms with Gasteiger partial charge in [0.15, 0.2) is 0 Å². The number of aliphatic hydroxyl groups excluding tert-OH is 1. The summed E-state index contributed by atoms with van der Waals surface area (Å²) in [5.74, 6) is 0.503. The molecule has 0 fully saturated rings. The minimum Gasteiger partial charge on any atom is -0.478 e. The highest BCUT2D eigenvalue weighted by Crippen LogP contribution is 2.09. The molecule has 0 saturated carbocycles. The largest absolute Gasteiger partial charge is 0.478 e. The van der Waals surface area contributed by atoms with E-state index in [1.807, 2.05) is 0 Å². The Morgan fingerprint density at radius 1 is 1.58 bits per heavy atom. The van der Waals surface area contributed by atoms with Gasteiger partial charge in [-0.1, -0.05) is 0 Å². The second kappa shape index (κ2) is 4.56. The van der Waals surface area contributed by atoms with Crippen LogP contribution in [0.5, 0.6) is 5.88 Å². The summed E-state index contributed by atoms with van der Waals surface area (Å²) in [6.07, 6.45) is 2.19. The topological polar surface area (TPSA) is 68.4 Å². The number of nitrogens with zero attached hydrogens (tertiary/aromatic N) is 1. The molecule has 0 radical (unpaired) electrons. The highest BCUT2D eigenvalue weighted by Gasteiger charge is 1.94. The zero-order valence-electron chi connectivity index (χ0n) is 6.73. The van der Waals surface area contributed by atoms with Crippen LogP contribution < -0.4 is 10.5 Å². The normalized spacial score (nSPS) is 9.75. The van der Waals surface area contributed by atoms with E-state index in [0.29, 0.717) is 24.6 Å². The third kappa shape index (κ3) is 2.75. The molecule has 0 bridgehead atoms. The molecule has 0 amide bonds. The van der Waals surface area contributed by atoms with E-state index in [1.54, 1.807) is 18.3 Å². The molecule has 0 aliphatic rings. The first-order valence-electron chi connectivity index (χ1n) is 3.78. The van der Waals surface area contributed by atoms with Gasteiger partial charge in [0, 0.05) is 31.0 Å².